The first-order chi connectivity index (χ1) is 13.8. The molecule has 4 heterocycles. The van der Waals surface area contributed by atoms with E-state index in [1.54, 1.807) is 23.2 Å². The smallest absolute Gasteiger partial charge is 0.183 e. The van der Waals surface area contributed by atoms with Gasteiger partial charge in [-0.15, -0.1) is 5.10 Å². The van der Waals surface area contributed by atoms with Crippen LogP contribution < -0.4 is 5.32 Å². The number of tetrazole rings is 1. The fourth-order valence-electron chi connectivity index (χ4n) is 3.14. The van der Waals surface area contributed by atoms with Crippen LogP contribution >= 0.6 is 0 Å². The lowest BCUT2D eigenvalue weighted by molar-refractivity contribution is 0.568. The van der Waals surface area contributed by atoms with E-state index in [-0.39, 0.29) is 0 Å². The largest absolute Gasteiger partial charge is 0.471 e. The Morgan fingerprint density at radius 3 is 2.79 bits per heavy atom. The Morgan fingerprint density at radius 1 is 1.11 bits per heavy atom. The van der Waals surface area contributed by atoms with E-state index in [4.69, 9.17) is 4.42 Å². The summed E-state index contributed by atoms with van der Waals surface area (Å²) in [5.74, 6) is 1.48. The van der Waals surface area contributed by atoms with Crippen molar-refractivity contribution in [2.45, 2.75) is 13.5 Å². The van der Waals surface area contributed by atoms with E-state index in [1.165, 1.54) is 0 Å². The number of aryl methyl sites for hydroxylation is 1. The number of fused-ring (bicyclic) bond motifs is 1. The van der Waals surface area contributed by atoms with Crippen LogP contribution in [-0.2, 0) is 6.54 Å². The third-order valence-corrected chi connectivity index (χ3v) is 4.49. The molecule has 4 aromatic heterocycles. The van der Waals surface area contributed by atoms with E-state index in [9.17, 15) is 0 Å². The highest BCUT2D eigenvalue weighted by molar-refractivity contribution is 5.79. The summed E-state index contributed by atoms with van der Waals surface area (Å²) in [5.41, 5.74) is 5.70. The van der Waals surface area contributed by atoms with Crippen LogP contribution in [0.15, 0.2) is 59.5 Å². The molecule has 0 amide bonds. The predicted octanol–water partition coefficient (Wildman–Crippen LogP) is 3.09. The first-order valence-electron chi connectivity index (χ1n) is 8.73. The minimum atomic E-state index is 0.575. The van der Waals surface area contributed by atoms with Crippen LogP contribution in [0.4, 0.5) is 5.82 Å². The molecule has 138 valence electrons. The molecular formula is C19H16N8O. The number of benzene rings is 1. The molecule has 0 saturated carbocycles. The molecule has 5 rings (SSSR count). The van der Waals surface area contributed by atoms with E-state index >= 15 is 0 Å². The minimum Gasteiger partial charge on any atom is -0.471 e. The lowest BCUT2D eigenvalue weighted by Crippen LogP contribution is -2.06. The number of furan rings is 1. The van der Waals surface area contributed by atoms with Gasteiger partial charge in [0.1, 0.15) is 12.1 Å². The number of aromatic nitrogens is 7. The molecule has 0 bridgehead atoms. The van der Waals surface area contributed by atoms with Crippen molar-refractivity contribution in [3.8, 4) is 22.5 Å². The SMILES string of the molecule is Cc1cc(NCc2ccc(-c3cocc3-c3nnn[nH]3)cc2)n2nccc2n1. The van der Waals surface area contributed by atoms with Crippen molar-refractivity contribution in [3.05, 3.63) is 66.4 Å². The monoisotopic (exact) mass is 372 g/mol. The summed E-state index contributed by atoms with van der Waals surface area (Å²) in [6.07, 6.45) is 5.07. The third-order valence-electron chi connectivity index (χ3n) is 4.49. The molecule has 0 unspecified atom stereocenters. The molecule has 0 aliphatic heterocycles. The van der Waals surface area contributed by atoms with Crippen molar-refractivity contribution in [2.75, 3.05) is 5.32 Å². The lowest BCUT2D eigenvalue weighted by atomic mass is 10.0. The van der Waals surface area contributed by atoms with Gasteiger partial charge >= 0.3 is 0 Å². The fourth-order valence-corrected chi connectivity index (χ4v) is 3.14. The minimum absolute atomic E-state index is 0.575. The van der Waals surface area contributed by atoms with Gasteiger partial charge in [0, 0.05) is 29.9 Å². The van der Waals surface area contributed by atoms with Gasteiger partial charge in [0.05, 0.1) is 18.0 Å². The molecular weight excluding hydrogens is 356 g/mol. The fraction of sp³-hybridized carbons (Fsp3) is 0.105. The number of nitrogens with zero attached hydrogens (tertiary/aromatic N) is 6. The molecule has 0 spiro atoms. The van der Waals surface area contributed by atoms with Crippen molar-refractivity contribution < 1.29 is 4.42 Å². The number of aromatic amines is 1. The van der Waals surface area contributed by atoms with Gasteiger partial charge in [-0.05, 0) is 28.5 Å². The second-order valence-electron chi connectivity index (χ2n) is 6.38. The maximum absolute atomic E-state index is 5.36. The number of anilines is 1. The molecule has 5 aromatic rings. The Balaban J connectivity index is 1.36. The van der Waals surface area contributed by atoms with Crippen LogP contribution in [-0.4, -0.2) is 35.2 Å². The highest BCUT2D eigenvalue weighted by atomic mass is 16.3. The number of hydrogen-bond acceptors (Lipinski definition) is 7. The Labute approximate surface area is 159 Å². The summed E-state index contributed by atoms with van der Waals surface area (Å²) in [6, 6.07) is 12.1. The van der Waals surface area contributed by atoms with Gasteiger partial charge < -0.3 is 9.73 Å². The summed E-state index contributed by atoms with van der Waals surface area (Å²) in [7, 11) is 0. The van der Waals surface area contributed by atoms with E-state index < -0.39 is 0 Å². The van der Waals surface area contributed by atoms with Crippen LogP contribution in [0.5, 0.6) is 0 Å². The van der Waals surface area contributed by atoms with Gasteiger partial charge in [-0.3, -0.25) is 0 Å². The molecule has 0 aliphatic carbocycles. The second-order valence-corrected chi connectivity index (χ2v) is 6.38. The number of nitrogens with one attached hydrogen (secondary N) is 2. The van der Waals surface area contributed by atoms with Gasteiger partial charge in [0.25, 0.3) is 0 Å². The van der Waals surface area contributed by atoms with E-state index in [2.05, 4.69) is 60.3 Å². The second kappa shape index (κ2) is 6.62. The van der Waals surface area contributed by atoms with Crippen LogP contribution in [0.2, 0.25) is 0 Å². The van der Waals surface area contributed by atoms with Gasteiger partial charge in [-0.1, -0.05) is 24.3 Å². The topological polar surface area (TPSA) is 110 Å². The van der Waals surface area contributed by atoms with Crippen LogP contribution in [0.25, 0.3) is 28.2 Å². The molecule has 0 radical (unpaired) electrons. The van der Waals surface area contributed by atoms with Crippen LogP contribution in [0, 0.1) is 6.92 Å². The zero-order chi connectivity index (χ0) is 18.9. The van der Waals surface area contributed by atoms with Crippen molar-refractivity contribution in [1.82, 2.24) is 35.2 Å². The van der Waals surface area contributed by atoms with Crippen molar-refractivity contribution in [2.24, 2.45) is 0 Å². The summed E-state index contributed by atoms with van der Waals surface area (Å²) in [5, 5.41) is 21.7. The number of rotatable bonds is 5. The standard InChI is InChI=1S/C19H16N8O/c1-12-8-18(27-17(22-12)6-7-21-27)20-9-13-2-4-14(5-3-13)15-10-28-11-16(15)19-23-25-26-24-19/h2-8,10-11,20H,9H2,1H3,(H,23,24,25,26). The zero-order valence-corrected chi connectivity index (χ0v) is 15.0. The number of hydrogen-bond donors (Lipinski definition) is 2. The first kappa shape index (κ1) is 16.2. The molecule has 2 N–H and O–H groups in total. The lowest BCUT2D eigenvalue weighted by Gasteiger charge is -2.10. The molecule has 9 heteroatoms. The quantitative estimate of drug-likeness (QED) is 0.488. The van der Waals surface area contributed by atoms with E-state index in [0.717, 1.165) is 39.4 Å². The average Bonchev–Trinajstić information content (AvgIpc) is 3.46. The summed E-state index contributed by atoms with van der Waals surface area (Å²) < 4.78 is 7.16. The molecule has 9 nitrogen and oxygen atoms in total. The summed E-state index contributed by atoms with van der Waals surface area (Å²) in [4.78, 5) is 4.46. The highest BCUT2D eigenvalue weighted by Gasteiger charge is 2.13. The van der Waals surface area contributed by atoms with E-state index in [0.29, 0.717) is 12.4 Å². The summed E-state index contributed by atoms with van der Waals surface area (Å²) in [6.45, 7) is 2.64. The Bertz CT molecular complexity index is 1220. The van der Waals surface area contributed by atoms with E-state index in [1.807, 2.05) is 19.1 Å². The zero-order valence-electron chi connectivity index (χ0n) is 15.0. The molecule has 0 saturated heterocycles. The molecule has 0 aliphatic rings. The molecule has 0 fully saturated rings. The van der Waals surface area contributed by atoms with Crippen LogP contribution in [0.3, 0.4) is 0 Å². The third kappa shape index (κ3) is 2.88. The van der Waals surface area contributed by atoms with Gasteiger partial charge in [0.2, 0.25) is 0 Å². The predicted molar refractivity (Wildman–Crippen MR) is 102 cm³/mol. The van der Waals surface area contributed by atoms with Crippen LogP contribution in [0.1, 0.15) is 11.3 Å². The maximum atomic E-state index is 5.36. The molecule has 28 heavy (non-hydrogen) atoms. The van der Waals surface area contributed by atoms with Gasteiger partial charge in [0.15, 0.2) is 11.5 Å². The van der Waals surface area contributed by atoms with Crippen molar-refractivity contribution >= 4 is 11.5 Å². The average molecular weight is 372 g/mol. The molecule has 0 atom stereocenters. The van der Waals surface area contributed by atoms with Gasteiger partial charge in [-0.25, -0.2) is 10.1 Å². The Hall–Kier alpha value is -4.01. The maximum Gasteiger partial charge on any atom is 0.183 e. The Kier molecular flexibility index (Phi) is 3.82. The number of H-pyrrole nitrogens is 1. The van der Waals surface area contributed by atoms with Crippen molar-refractivity contribution in [1.29, 1.82) is 0 Å². The van der Waals surface area contributed by atoms with Crippen molar-refractivity contribution in [3.63, 3.8) is 0 Å². The Morgan fingerprint density at radius 2 is 1.96 bits per heavy atom. The first-order valence-corrected chi connectivity index (χ1v) is 8.73. The highest BCUT2D eigenvalue weighted by Crippen LogP contribution is 2.31. The van der Waals surface area contributed by atoms with Gasteiger partial charge in [-0.2, -0.15) is 9.61 Å². The normalized spacial score (nSPS) is 11.2. The molecule has 1 aromatic carbocycles. The summed E-state index contributed by atoms with van der Waals surface area (Å²) >= 11 is 0.